The molecule has 1 saturated carbocycles. The number of rotatable bonds is 3. The monoisotopic (exact) mass is 217 g/mol. The number of hydrogen-bond acceptors (Lipinski definition) is 2. The van der Waals surface area contributed by atoms with Crippen molar-refractivity contribution >= 4 is 11.3 Å². The van der Waals surface area contributed by atoms with E-state index >= 15 is 0 Å². The third-order valence-corrected chi connectivity index (χ3v) is 3.38. The summed E-state index contributed by atoms with van der Waals surface area (Å²) < 4.78 is 26.4. The van der Waals surface area contributed by atoms with Gasteiger partial charge in [-0.25, -0.2) is 8.78 Å². The van der Waals surface area contributed by atoms with Gasteiger partial charge in [-0.15, -0.1) is 0 Å². The van der Waals surface area contributed by atoms with Gasteiger partial charge in [-0.05, 0) is 35.2 Å². The quantitative estimate of drug-likeness (QED) is 0.820. The van der Waals surface area contributed by atoms with Crippen molar-refractivity contribution in [1.29, 1.82) is 0 Å². The first-order chi connectivity index (χ1) is 6.68. The Morgan fingerprint density at radius 3 is 3.00 bits per heavy atom. The molecule has 0 aromatic carbocycles. The summed E-state index contributed by atoms with van der Waals surface area (Å²) in [5.74, 6) is -2.50. The molecule has 0 bridgehead atoms. The van der Waals surface area contributed by atoms with Gasteiger partial charge in [0.1, 0.15) is 0 Å². The molecule has 14 heavy (non-hydrogen) atoms. The van der Waals surface area contributed by atoms with Crippen LogP contribution in [0.25, 0.3) is 0 Å². The fourth-order valence-electron chi connectivity index (χ4n) is 1.81. The predicted octanol–water partition coefficient (Wildman–Crippen LogP) is 3.03. The number of alkyl halides is 2. The molecule has 1 aromatic heterocycles. The maximum Gasteiger partial charge on any atom is 0.263 e. The van der Waals surface area contributed by atoms with Gasteiger partial charge >= 0.3 is 0 Å². The normalized spacial score (nSPS) is 25.4. The van der Waals surface area contributed by atoms with E-state index in [1.54, 1.807) is 11.3 Å². The van der Waals surface area contributed by atoms with Crippen LogP contribution in [0.4, 0.5) is 8.78 Å². The molecule has 0 amide bonds. The van der Waals surface area contributed by atoms with E-state index in [2.05, 4.69) is 5.32 Å². The van der Waals surface area contributed by atoms with E-state index in [4.69, 9.17) is 0 Å². The van der Waals surface area contributed by atoms with Crippen LogP contribution in [0.15, 0.2) is 16.8 Å². The second-order valence-electron chi connectivity index (χ2n) is 3.72. The number of halogens is 2. The van der Waals surface area contributed by atoms with E-state index in [1.807, 2.05) is 16.8 Å². The van der Waals surface area contributed by atoms with Crippen molar-refractivity contribution < 1.29 is 8.78 Å². The van der Waals surface area contributed by atoms with E-state index in [-0.39, 0.29) is 6.42 Å². The van der Waals surface area contributed by atoms with Gasteiger partial charge in [0.2, 0.25) is 0 Å². The molecule has 0 radical (unpaired) electrons. The first kappa shape index (κ1) is 10.1. The Morgan fingerprint density at radius 1 is 1.57 bits per heavy atom. The van der Waals surface area contributed by atoms with Crippen LogP contribution in [0.3, 0.4) is 0 Å². The minimum absolute atomic E-state index is 0.0360. The molecule has 4 heteroatoms. The zero-order valence-corrected chi connectivity index (χ0v) is 8.62. The van der Waals surface area contributed by atoms with E-state index in [0.717, 1.165) is 5.56 Å². The number of thiophene rings is 1. The lowest BCUT2D eigenvalue weighted by Gasteiger charge is -2.19. The fourth-order valence-corrected chi connectivity index (χ4v) is 2.48. The van der Waals surface area contributed by atoms with Crippen molar-refractivity contribution in [3.63, 3.8) is 0 Å². The Hall–Kier alpha value is -0.480. The van der Waals surface area contributed by atoms with Crippen LogP contribution in [0.1, 0.15) is 24.8 Å². The number of nitrogens with one attached hydrogen (secondary N) is 1. The summed E-state index contributed by atoms with van der Waals surface area (Å²) in [5, 5.41) is 6.88. The van der Waals surface area contributed by atoms with Crippen LogP contribution in [-0.4, -0.2) is 12.0 Å². The molecule has 0 spiro atoms. The Labute approximate surface area is 86.1 Å². The molecule has 0 aliphatic heterocycles. The summed E-state index contributed by atoms with van der Waals surface area (Å²) >= 11 is 1.59. The standard InChI is InChI=1S/C10H13F2NS/c11-10(12)4-1-2-9(10)13-6-8-3-5-14-7-8/h3,5,7,9,13H,1-2,4,6H2. The highest BCUT2D eigenvalue weighted by Crippen LogP contribution is 2.35. The average Bonchev–Trinajstić information content (AvgIpc) is 2.71. The molecule has 1 aliphatic carbocycles. The second-order valence-corrected chi connectivity index (χ2v) is 4.50. The van der Waals surface area contributed by atoms with Crippen LogP contribution in [0.5, 0.6) is 0 Å². The first-order valence-corrected chi connectivity index (χ1v) is 5.75. The highest BCUT2D eigenvalue weighted by Gasteiger charge is 2.43. The Kier molecular flexibility index (Phi) is 2.83. The van der Waals surface area contributed by atoms with Crippen molar-refractivity contribution in [3.8, 4) is 0 Å². The maximum atomic E-state index is 13.2. The molecule has 1 aliphatic rings. The lowest BCUT2D eigenvalue weighted by molar-refractivity contribution is -0.0183. The van der Waals surface area contributed by atoms with Crippen molar-refractivity contribution in [2.24, 2.45) is 0 Å². The smallest absolute Gasteiger partial charge is 0.263 e. The molecular weight excluding hydrogens is 204 g/mol. The van der Waals surface area contributed by atoms with E-state index in [0.29, 0.717) is 19.4 Å². The third kappa shape index (κ3) is 2.12. The maximum absolute atomic E-state index is 13.2. The summed E-state index contributed by atoms with van der Waals surface area (Å²) in [5.41, 5.74) is 1.10. The molecule has 78 valence electrons. The van der Waals surface area contributed by atoms with Crippen molar-refractivity contribution in [2.75, 3.05) is 0 Å². The largest absolute Gasteiger partial charge is 0.304 e. The highest BCUT2D eigenvalue weighted by molar-refractivity contribution is 7.07. The highest BCUT2D eigenvalue weighted by atomic mass is 32.1. The molecule has 1 heterocycles. The third-order valence-electron chi connectivity index (χ3n) is 2.65. The Bertz CT molecular complexity index is 284. The van der Waals surface area contributed by atoms with Crippen molar-refractivity contribution in [1.82, 2.24) is 5.32 Å². The minimum Gasteiger partial charge on any atom is -0.304 e. The molecular formula is C10H13F2NS. The van der Waals surface area contributed by atoms with Gasteiger partial charge in [-0.1, -0.05) is 0 Å². The first-order valence-electron chi connectivity index (χ1n) is 4.81. The summed E-state index contributed by atoms with van der Waals surface area (Å²) in [6.07, 6.45) is 1.26. The van der Waals surface area contributed by atoms with Crippen LogP contribution in [0.2, 0.25) is 0 Å². The van der Waals surface area contributed by atoms with Crippen LogP contribution >= 0.6 is 11.3 Å². The van der Waals surface area contributed by atoms with Gasteiger partial charge < -0.3 is 5.32 Å². The zero-order chi connectivity index (χ0) is 10.0. The van der Waals surface area contributed by atoms with Gasteiger partial charge in [0, 0.05) is 13.0 Å². The lowest BCUT2D eigenvalue weighted by Crippen LogP contribution is -2.39. The van der Waals surface area contributed by atoms with Crippen molar-refractivity contribution in [2.45, 2.75) is 37.8 Å². The predicted molar refractivity (Wildman–Crippen MR) is 53.7 cm³/mol. The van der Waals surface area contributed by atoms with Gasteiger partial charge in [0.25, 0.3) is 5.92 Å². The Morgan fingerprint density at radius 2 is 2.43 bits per heavy atom. The van der Waals surface area contributed by atoms with Gasteiger partial charge in [0.15, 0.2) is 0 Å². The summed E-state index contributed by atoms with van der Waals surface area (Å²) in [4.78, 5) is 0. The summed E-state index contributed by atoms with van der Waals surface area (Å²) in [6, 6.07) is 1.34. The van der Waals surface area contributed by atoms with Crippen LogP contribution in [-0.2, 0) is 6.54 Å². The lowest BCUT2D eigenvalue weighted by atomic mass is 10.2. The van der Waals surface area contributed by atoms with Gasteiger partial charge in [-0.2, -0.15) is 11.3 Å². The summed E-state index contributed by atoms with van der Waals surface area (Å²) in [7, 11) is 0. The van der Waals surface area contributed by atoms with Gasteiger partial charge in [0.05, 0.1) is 6.04 Å². The zero-order valence-electron chi connectivity index (χ0n) is 7.80. The number of hydrogen-bond donors (Lipinski definition) is 1. The van der Waals surface area contributed by atoms with Crippen LogP contribution < -0.4 is 5.32 Å². The molecule has 2 rings (SSSR count). The summed E-state index contributed by atoms with van der Waals surface area (Å²) in [6.45, 7) is 0.559. The second kappa shape index (κ2) is 3.95. The topological polar surface area (TPSA) is 12.0 Å². The molecule has 1 nitrogen and oxygen atoms in total. The molecule has 1 unspecified atom stereocenters. The molecule has 1 N–H and O–H groups in total. The minimum atomic E-state index is -2.50. The fraction of sp³-hybridized carbons (Fsp3) is 0.600. The molecule has 1 fully saturated rings. The van der Waals surface area contributed by atoms with Gasteiger partial charge in [-0.3, -0.25) is 0 Å². The van der Waals surface area contributed by atoms with Crippen molar-refractivity contribution in [3.05, 3.63) is 22.4 Å². The SMILES string of the molecule is FC1(F)CCCC1NCc1ccsc1. The average molecular weight is 217 g/mol. The molecule has 1 atom stereocenters. The van der Waals surface area contributed by atoms with E-state index < -0.39 is 12.0 Å². The molecule has 0 saturated heterocycles. The van der Waals surface area contributed by atoms with Crippen LogP contribution in [0, 0.1) is 0 Å². The van der Waals surface area contributed by atoms with E-state index in [1.165, 1.54) is 0 Å². The molecule has 1 aromatic rings. The van der Waals surface area contributed by atoms with E-state index in [9.17, 15) is 8.78 Å². The Balaban J connectivity index is 1.86.